The van der Waals surface area contributed by atoms with Crippen LogP contribution in [0.1, 0.15) is 36.5 Å². The van der Waals surface area contributed by atoms with E-state index in [1.54, 1.807) is 17.0 Å². The minimum atomic E-state index is -0.324. The van der Waals surface area contributed by atoms with Gasteiger partial charge >= 0.3 is 0 Å². The summed E-state index contributed by atoms with van der Waals surface area (Å²) in [6.07, 6.45) is 3.12. The van der Waals surface area contributed by atoms with Gasteiger partial charge in [0.1, 0.15) is 0 Å². The van der Waals surface area contributed by atoms with Crippen molar-refractivity contribution in [1.82, 2.24) is 4.90 Å². The molecule has 2 rings (SSSR count). The Morgan fingerprint density at radius 3 is 2.82 bits per heavy atom. The third kappa shape index (κ3) is 2.20. The number of nitrogens with zero attached hydrogens (tertiary/aromatic N) is 1. The van der Waals surface area contributed by atoms with Gasteiger partial charge < -0.3 is 15.1 Å². The lowest BCUT2D eigenvalue weighted by Gasteiger charge is -2.33. The number of carbonyl (C=O) groups excluding carboxylic acids is 1. The maximum absolute atomic E-state index is 12.2. The molecule has 0 saturated carbocycles. The highest BCUT2D eigenvalue weighted by Gasteiger charge is 2.26. The summed E-state index contributed by atoms with van der Waals surface area (Å²) in [7, 11) is 0. The first-order chi connectivity index (χ1) is 8.11. The molecule has 1 unspecified atom stereocenters. The van der Waals surface area contributed by atoms with E-state index in [0.717, 1.165) is 25.8 Å². The molecule has 1 fully saturated rings. The number of amides is 1. The molecule has 92 valence electrons. The van der Waals surface area contributed by atoms with Crippen LogP contribution in [-0.4, -0.2) is 33.6 Å². The zero-order valence-corrected chi connectivity index (χ0v) is 9.89. The molecule has 0 aromatic heterocycles. The Balaban J connectivity index is 2.27. The van der Waals surface area contributed by atoms with Gasteiger partial charge in [-0.2, -0.15) is 0 Å². The molecular weight excluding hydrogens is 218 g/mol. The fourth-order valence-corrected chi connectivity index (χ4v) is 2.26. The van der Waals surface area contributed by atoms with E-state index < -0.39 is 0 Å². The van der Waals surface area contributed by atoms with Gasteiger partial charge in [-0.15, -0.1) is 0 Å². The van der Waals surface area contributed by atoms with Crippen molar-refractivity contribution < 1.29 is 15.0 Å². The van der Waals surface area contributed by atoms with Crippen molar-refractivity contribution in [3.8, 4) is 11.5 Å². The third-order valence-electron chi connectivity index (χ3n) is 3.31. The van der Waals surface area contributed by atoms with Crippen molar-refractivity contribution in [3.05, 3.63) is 23.8 Å². The summed E-state index contributed by atoms with van der Waals surface area (Å²) in [5.74, 6) is -0.776. The Labute approximate surface area is 100 Å². The molecule has 1 amide bonds. The minimum absolute atomic E-state index is 0.179. The van der Waals surface area contributed by atoms with Crippen molar-refractivity contribution in [2.75, 3.05) is 6.54 Å². The first kappa shape index (κ1) is 11.8. The van der Waals surface area contributed by atoms with Crippen LogP contribution in [0.25, 0.3) is 0 Å². The topological polar surface area (TPSA) is 60.8 Å². The Hall–Kier alpha value is -1.71. The molecule has 1 saturated heterocycles. The van der Waals surface area contributed by atoms with E-state index in [0.29, 0.717) is 0 Å². The number of rotatable bonds is 1. The van der Waals surface area contributed by atoms with Crippen LogP contribution in [0.4, 0.5) is 0 Å². The summed E-state index contributed by atoms with van der Waals surface area (Å²) in [5, 5.41) is 19.1. The van der Waals surface area contributed by atoms with Gasteiger partial charge in [0.2, 0.25) is 0 Å². The molecule has 0 bridgehead atoms. The SMILES string of the molecule is CC1CCCCN1C(=O)c1cccc(O)c1O. The summed E-state index contributed by atoms with van der Waals surface area (Å²) in [4.78, 5) is 14.0. The molecule has 1 heterocycles. The van der Waals surface area contributed by atoms with E-state index in [-0.39, 0.29) is 29.0 Å². The van der Waals surface area contributed by atoms with E-state index in [2.05, 4.69) is 0 Å². The maximum atomic E-state index is 12.2. The number of hydrogen-bond acceptors (Lipinski definition) is 3. The Bertz CT molecular complexity index is 431. The fraction of sp³-hybridized carbons (Fsp3) is 0.462. The molecule has 1 atom stereocenters. The van der Waals surface area contributed by atoms with E-state index in [9.17, 15) is 15.0 Å². The monoisotopic (exact) mass is 235 g/mol. The molecule has 1 aliphatic rings. The van der Waals surface area contributed by atoms with E-state index in [1.165, 1.54) is 6.07 Å². The van der Waals surface area contributed by atoms with Gasteiger partial charge in [0.25, 0.3) is 5.91 Å². The number of piperidine rings is 1. The third-order valence-corrected chi connectivity index (χ3v) is 3.31. The summed E-state index contributed by atoms with van der Waals surface area (Å²) < 4.78 is 0. The molecule has 0 radical (unpaired) electrons. The largest absolute Gasteiger partial charge is 0.504 e. The number of aromatic hydroxyl groups is 2. The van der Waals surface area contributed by atoms with Crippen LogP contribution in [0.5, 0.6) is 11.5 Å². The molecule has 2 N–H and O–H groups in total. The average Bonchev–Trinajstić information content (AvgIpc) is 2.32. The molecule has 1 aromatic rings. The van der Waals surface area contributed by atoms with Gasteiger partial charge in [0.05, 0.1) is 5.56 Å². The second-order valence-corrected chi connectivity index (χ2v) is 4.52. The maximum Gasteiger partial charge on any atom is 0.257 e. The molecule has 1 aromatic carbocycles. The van der Waals surface area contributed by atoms with Gasteiger partial charge in [-0.05, 0) is 38.3 Å². The summed E-state index contributed by atoms with van der Waals surface area (Å²) in [5.41, 5.74) is 0.179. The van der Waals surface area contributed by atoms with Crippen LogP contribution in [0.15, 0.2) is 18.2 Å². The summed E-state index contributed by atoms with van der Waals surface area (Å²) in [6.45, 7) is 2.73. The molecule has 0 aliphatic carbocycles. The predicted molar refractivity (Wildman–Crippen MR) is 64.1 cm³/mol. The Kier molecular flexibility index (Phi) is 3.22. The number of phenols is 2. The van der Waals surface area contributed by atoms with E-state index in [4.69, 9.17) is 0 Å². The van der Waals surface area contributed by atoms with Crippen molar-refractivity contribution in [3.63, 3.8) is 0 Å². The Morgan fingerprint density at radius 1 is 1.35 bits per heavy atom. The van der Waals surface area contributed by atoms with Crippen LogP contribution in [-0.2, 0) is 0 Å². The molecule has 4 heteroatoms. The normalized spacial score (nSPS) is 20.3. The van der Waals surface area contributed by atoms with E-state index in [1.807, 2.05) is 6.92 Å². The summed E-state index contributed by atoms with van der Waals surface area (Å²) >= 11 is 0. The fourth-order valence-electron chi connectivity index (χ4n) is 2.26. The smallest absolute Gasteiger partial charge is 0.257 e. The van der Waals surface area contributed by atoms with Gasteiger partial charge in [-0.25, -0.2) is 0 Å². The lowest BCUT2D eigenvalue weighted by Crippen LogP contribution is -2.42. The first-order valence-corrected chi connectivity index (χ1v) is 5.93. The van der Waals surface area contributed by atoms with Crippen LogP contribution >= 0.6 is 0 Å². The van der Waals surface area contributed by atoms with Crippen molar-refractivity contribution in [2.45, 2.75) is 32.2 Å². The standard InChI is InChI=1S/C13H17NO3/c1-9-5-2-3-8-14(9)13(17)10-6-4-7-11(15)12(10)16/h4,6-7,9,15-16H,2-3,5,8H2,1H3. The zero-order chi connectivity index (χ0) is 12.4. The van der Waals surface area contributed by atoms with Crippen molar-refractivity contribution in [2.24, 2.45) is 0 Å². The average molecular weight is 235 g/mol. The molecule has 1 aliphatic heterocycles. The summed E-state index contributed by atoms with van der Waals surface area (Å²) in [6, 6.07) is 4.67. The zero-order valence-electron chi connectivity index (χ0n) is 9.89. The lowest BCUT2D eigenvalue weighted by atomic mass is 10.0. The predicted octanol–water partition coefficient (Wildman–Crippen LogP) is 2.11. The quantitative estimate of drug-likeness (QED) is 0.733. The number of para-hydroxylation sites is 1. The molecule has 17 heavy (non-hydrogen) atoms. The molecule has 4 nitrogen and oxygen atoms in total. The van der Waals surface area contributed by atoms with Gasteiger partial charge in [0, 0.05) is 12.6 Å². The number of carbonyl (C=O) groups is 1. The first-order valence-electron chi connectivity index (χ1n) is 5.93. The van der Waals surface area contributed by atoms with Crippen molar-refractivity contribution in [1.29, 1.82) is 0 Å². The molecular formula is C13H17NO3. The second-order valence-electron chi connectivity index (χ2n) is 4.52. The van der Waals surface area contributed by atoms with Crippen LogP contribution in [0, 0.1) is 0 Å². The van der Waals surface area contributed by atoms with Crippen LogP contribution in [0.2, 0.25) is 0 Å². The molecule has 0 spiro atoms. The van der Waals surface area contributed by atoms with Gasteiger partial charge in [0.15, 0.2) is 11.5 Å². The lowest BCUT2D eigenvalue weighted by molar-refractivity contribution is 0.0632. The number of benzene rings is 1. The number of likely N-dealkylation sites (tertiary alicyclic amines) is 1. The van der Waals surface area contributed by atoms with E-state index >= 15 is 0 Å². The van der Waals surface area contributed by atoms with Crippen molar-refractivity contribution >= 4 is 5.91 Å². The highest BCUT2D eigenvalue weighted by Crippen LogP contribution is 2.30. The van der Waals surface area contributed by atoms with Gasteiger partial charge in [-0.3, -0.25) is 4.79 Å². The number of phenolic OH excluding ortho intramolecular Hbond substituents is 2. The van der Waals surface area contributed by atoms with Crippen LogP contribution in [0.3, 0.4) is 0 Å². The number of hydrogen-bond donors (Lipinski definition) is 2. The van der Waals surface area contributed by atoms with Crippen LogP contribution < -0.4 is 0 Å². The second kappa shape index (κ2) is 4.65. The minimum Gasteiger partial charge on any atom is -0.504 e. The van der Waals surface area contributed by atoms with Gasteiger partial charge in [-0.1, -0.05) is 6.07 Å². The highest BCUT2D eigenvalue weighted by atomic mass is 16.3. The highest BCUT2D eigenvalue weighted by molar-refractivity contribution is 5.97. The Morgan fingerprint density at radius 2 is 2.12 bits per heavy atom.